The minimum atomic E-state index is 0.250. The van der Waals surface area contributed by atoms with Crippen LogP contribution in [0.3, 0.4) is 0 Å². The third kappa shape index (κ3) is 6.96. The van der Waals surface area contributed by atoms with Gasteiger partial charge in [0.05, 0.1) is 6.10 Å². The number of carbonyl (C=O) groups excluding carboxylic acids is 1. The molecular formula is C17H29NO2. The molecule has 114 valence electrons. The molecule has 3 nitrogen and oxygen atoms in total. The van der Waals surface area contributed by atoms with Crippen LogP contribution in [0, 0.1) is 23.7 Å². The van der Waals surface area contributed by atoms with Crippen LogP contribution >= 0.6 is 0 Å². The molecule has 0 spiro atoms. The molecule has 3 heteroatoms. The molecule has 1 fully saturated rings. The van der Waals surface area contributed by atoms with Gasteiger partial charge in [-0.3, -0.25) is 4.79 Å². The fraction of sp³-hybridized carbons (Fsp3) is 0.824. The summed E-state index contributed by atoms with van der Waals surface area (Å²) in [7, 11) is 0. The fourth-order valence-electron chi connectivity index (χ4n) is 2.26. The maximum Gasteiger partial charge on any atom is 0.222 e. The van der Waals surface area contributed by atoms with Gasteiger partial charge < -0.3 is 9.64 Å². The van der Waals surface area contributed by atoms with Gasteiger partial charge in [0.1, 0.15) is 0 Å². The predicted molar refractivity (Wildman–Crippen MR) is 82.2 cm³/mol. The number of amides is 1. The topological polar surface area (TPSA) is 29.5 Å². The molecule has 1 amide bonds. The maximum atomic E-state index is 12.0. The molecule has 0 N–H and O–H groups in total. The Balaban J connectivity index is 2.21. The van der Waals surface area contributed by atoms with Gasteiger partial charge >= 0.3 is 0 Å². The lowest BCUT2D eigenvalue weighted by Crippen LogP contribution is -2.38. The number of ether oxygens (including phenoxy) is 1. The third-order valence-electron chi connectivity index (χ3n) is 3.41. The van der Waals surface area contributed by atoms with Crippen molar-refractivity contribution in [3.8, 4) is 11.8 Å². The summed E-state index contributed by atoms with van der Waals surface area (Å²) in [5, 5.41) is 0. The molecule has 0 bridgehead atoms. The summed E-state index contributed by atoms with van der Waals surface area (Å²) in [6, 6.07) is 0. The first-order chi connectivity index (χ1) is 9.49. The van der Waals surface area contributed by atoms with Crippen LogP contribution in [0.4, 0.5) is 0 Å². The average molecular weight is 279 g/mol. The highest BCUT2D eigenvalue weighted by Crippen LogP contribution is 2.17. The second kappa shape index (κ2) is 9.02. The van der Waals surface area contributed by atoms with Crippen LogP contribution in [0.25, 0.3) is 0 Å². The first-order valence-corrected chi connectivity index (χ1v) is 7.89. The molecule has 0 saturated carbocycles. The lowest BCUT2D eigenvalue weighted by Gasteiger charge is -2.30. The summed E-state index contributed by atoms with van der Waals surface area (Å²) < 4.78 is 5.46. The Hall–Kier alpha value is -1.01. The zero-order valence-corrected chi connectivity index (χ0v) is 13.4. The molecule has 20 heavy (non-hydrogen) atoms. The Bertz CT molecular complexity index is 344. The Morgan fingerprint density at radius 3 is 2.45 bits per heavy atom. The number of rotatable bonds is 5. The average Bonchev–Trinajstić information content (AvgIpc) is 2.41. The second-order valence-corrected chi connectivity index (χ2v) is 6.12. The maximum absolute atomic E-state index is 12.0. The molecule has 0 atom stereocenters. The van der Waals surface area contributed by atoms with Crippen LogP contribution in [0.1, 0.15) is 53.4 Å². The SMILES string of the molecule is CC(C)C#CC1CCN(C(=O)CCCOC(C)C)CC1. The van der Waals surface area contributed by atoms with E-state index in [2.05, 4.69) is 25.7 Å². The van der Waals surface area contributed by atoms with E-state index >= 15 is 0 Å². The summed E-state index contributed by atoms with van der Waals surface area (Å²) in [6.45, 7) is 10.7. The van der Waals surface area contributed by atoms with Gasteiger partial charge in [0.25, 0.3) is 0 Å². The molecule has 0 aromatic heterocycles. The van der Waals surface area contributed by atoms with E-state index in [-0.39, 0.29) is 12.0 Å². The standard InChI is InChI=1S/C17H29NO2/c1-14(2)7-8-16-9-11-18(12-10-16)17(19)6-5-13-20-15(3)4/h14-16H,5-6,9-13H2,1-4H3. The summed E-state index contributed by atoms with van der Waals surface area (Å²) in [4.78, 5) is 14.0. The molecule has 1 heterocycles. The van der Waals surface area contributed by atoms with Gasteiger partial charge in [0.2, 0.25) is 5.91 Å². The number of nitrogens with zero attached hydrogens (tertiary/aromatic N) is 1. The molecule has 0 radical (unpaired) electrons. The van der Waals surface area contributed by atoms with Crippen molar-refractivity contribution in [1.29, 1.82) is 0 Å². The van der Waals surface area contributed by atoms with Crippen molar-refractivity contribution < 1.29 is 9.53 Å². The van der Waals surface area contributed by atoms with Crippen molar-refractivity contribution in [2.45, 2.75) is 59.5 Å². The minimum absolute atomic E-state index is 0.250. The Morgan fingerprint density at radius 1 is 1.25 bits per heavy atom. The molecule has 1 saturated heterocycles. The van der Waals surface area contributed by atoms with E-state index in [9.17, 15) is 4.79 Å². The number of hydrogen-bond donors (Lipinski definition) is 0. The van der Waals surface area contributed by atoms with E-state index in [0.29, 0.717) is 24.9 Å². The predicted octanol–water partition coefficient (Wildman–Crippen LogP) is 3.09. The van der Waals surface area contributed by atoms with Crippen molar-refractivity contribution >= 4 is 5.91 Å². The lowest BCUT2D eigenvalue weighted by molar-refractivity contribution is -0.132. The van der Waals surface area contributed by atoms with Crippen molar-refractivity contribution in [3.05, 3.63) is 0 Å². The van der Waals surface area contributed by atoms with Crippen molar-refractivity contribution in [2.75, 3.05) is 19.7 Å². The van der Waals surface area contributed by atoms with E-state index in [1.54, 1.807) is 0 Å². The molecular weight excluding hydrogens is 250 g/mol. The Labute approximate surface area is 124 Å². The zero-order chi connectivity index (χ0) is 15.0. The smallest absolute Gasteiger partial charge is 0.222 e. The van der Waals surface area contributed by atoms with Gasteiger partial charge in [0.15, 0.2) is 0 Å². The van der Waals surface area contributed by atoms with E-state index in [0.717, 1.165) is 32.4 Å². The van der Waals surface area contributed by atoms with Crippen LogP contribution in [-0.2, 0) is 9.53 Å². The lowest BCUT2D eigenvalue weighted by atomic mass is 9.96. The molecule has 0 aromatic rings. The number of likely N-dealkylation sites (tertiary alicyclic amines) is 1. The summed E-state index contributed by atoms with van der Waals surface area (Å²) >= 11 is 0. The van der Waals surface area contributed by atoms with E-state index < -0.39 is 0 Å². The first-order valence-electron chi connectivity index (χ1n) is 7.89. The number of piperidine rings is 1. The summed E-state index contributed by atoms with van der Waals surface area (Å²) in [5.74, 6) is 7.77. The quantitative estimate of drug-likeness (QED) is 0.572. The van der Waals surface area contributed by atoms with Crippen LogP contribution in [0.5, 0.6) is 0 Å². The Kier molecular flexibility index (Phi) is 7.69. The van der Waals surface area contributed by atoms with Gasteiger partial charge in [-0.1, -0.05) is 19.8 Å². The largest absolute Gasteiger partial charge is 0.379 e. The van der Waals surface area contributed by atoms with Crippen molar-refractivity contribution in [2.24, 2.45) is 11.8 Å². The van der Waals surface area contributed by atoms with Crippen molar-refractivity contribution in [1.82, 2.24) is 4.90 Å². The van der Waals surface area contributed by atoms with Crippen LogP contribution < -0.4 is 0 Å². The summed E-state index contributed by atoms with van der Waals surface area (Å²) in [5.41, 5.74) is 0. The highest BCUT2D eigenvalue weighted by molar-refractivity contribution is 5.76. The first kappa shape index (κ1) is 17.0. The minimum Gasteiger partial charge on any atom is -0.379 e. The van der Waals surface area contributed by atoms with E-state index in [1.807, 2.05) is 18.7 Å². The normalized spacial score (nSPS) is 16.4. The molecule has 0 aromatic carbocycles. The van der Waals surface area contributed by atoms with Gasteiger partial charge in [-0.15, -0.1) is 5.92 Å². The van der Waals surface area contributed by atoms with Crippen molar-refractivity contribution in [3.63, 3.8) is 0 Å². The molecule has 1 aliphatic rings. The molecule has 0 unspecified atom stereocenters. The zero-order valence-electron chi connectivity index (χ0n) is 13.4. The van der Waals surface area contributed by atoms with E-state index in [1.165, 1.54) is 0 Å². The van der Waals surface area contributed by atoms with Gasteiger partial charge in [0, 0.05) is 38.0 Å². The highest BCUT2D eigenvalue weighted by atomic mass is 16.5. The van der Waals surface area contributed by atoms with E-state index in [4.69, 9.17) is 4.74 Å². The fourth-order valence-corrected chi connectivity index (χ4v) is 2.26. The third-order valence-corrected chi connectivity index (χ3v) is 3.41. The van der Waals surface area contributed by atoms with Gasteiger partial charge in [-0.2, -0.15) is 0 Å². The molecule has 0 aliphatic carbocycles. The number of hydrogen-bond acceptors (Lipinski definition) is 2. The summed E-state index contributed by atoms with van der Waals surface area (Å²) in [6.07, 6.45) is 3.72. The van der Waals surface area contributed by atoms with Crippen LogP contribution in [0.2, 0.25) is 0 Å². The van der Waals surface area contributed by atoms with Crippen LogP contribution in [-0.4, -0.2) is 36.6 Å². The van der Waals surface area contributed by atoms with Gasteiger partial charge in [-0.25, -0.2) is 0 Å². The highest BCUT2D eigenvalue weighted by Gasteiger charge is 2.21. The monoisotopic (exact) mass is 279 g/mol. The second-order valence-electron chi connectivity index (χ2n) is 6.12. The Morgan fingerprint density at radius 2 is 1.90 bits per heavy atom. The molecule has 1 rings (SSSR count). The van der Waals surface area contributed by atoms with Crippen LogP contribution in [0.15, 0.2) is 0 Å². The molecule has 1 aliphatic heterocycles. The number of carbonyl (C=O) groups is 1. The van der Waals surface area contributed by atoms with Gasteiger partial charge in [-0.05, 0) is 33.1 Å².